The Morgan fingerprint density at radius 1 is 1.50 bits per heavy atom. The number of rotatable bonds is 4. The fraction of sp³-hybridized carbons (Fsp3) is 0.357. The SMILES string of the molecule is CC1CC(=O)NN=C1CNC(=O)Cc1ccccc1F. The molecule has 0 spiro atoms. The Labute approximate surface area is 116 Å². The maximum absolute atomic E-state index is 13.4. The molecule has 2 amide bonds. The second kappa shape index (κ2) is 6.27. The molecule has 20 heavy (non-hydrogen) atoms. The van der Waals surface area contributed by atoms with Crippen molar-refractivity contribution in [2.24, 2.45) is 11.0 Å². The standard InChI is InChI=1S/C14H16FN3O2/c1-9-6-14(20)18-17-12(9)8-16-13(19)7-10-4-2-3-5-11(10)15/h2-5,9H,6-8H2,1H3,(H,16,19)(H,18,20). The van der Waals surface area contributed by atoms with Crippen LogP contribution >= 0.6 is 0 Å². The van der Waals surface area contributed by atoms with Crippen molar-refractivity contribution < 1.29 is 14.0 Å². The summed E-state index contributed by atoms with van der Waals surface area (Å²) >= 11 is 0. The van der Waals surface area contributed by atoms with E-state index < -0.39 is 5.82 Å². The molecule has 0 radical (unpaired) electrons. The molecule has 106 valence electrons. The van der Waals surface area contributed by atoms with E-state index in [9.17, 15) is 14.0 Å². The van der Waals surface area contributed by atoms with Crippen molar-refractivity contribution in [2.45, 2.75) is 19.8 Å². The molecule has 1 aliphatic heterocycles. The first-order valence-corrected chi connectivity index (χ1v) is 6.41. The summed E-state index contributed by atoms with van der Waals surface area (Å²) in [6, 6.07) is 6.17. The van der Waals surface area contributed by atoms with Gasteiger partial charge in [0.05, 0.1) is 18.7 Å². The summed E-state index contributed by atoms with van der Waals surface area (Å²) in [6.07, 6.45) is 0.350. The van der Waals surface area contributed by atoms with Crippen LogP contribution in [0.5, 0.6) is 0 Å². The van der Waals surface area contributed by atoms with E-state index in [-0.39, 0.29) is 30.7 Å². The van der Waals surface area contributed by atoms with E-state index in [0.29, 0.717) is 17.7 Å². The molecular formula is C14H16FN3O2. The number of hydrogen-bond acceptors (Lipinski definition) is 3. The number of carbonyl (C=O) groups excluding carboxylic acids is 2. The predicted molar refractivity (Wildman–Crippen MR) is 72.5 cm³/mol. The van der Waals surface area contributed by atoms with Crippen LogP contribution in [0.2, 0.25) is 0 Å². The number of nitrogens with one attached hydrogen (secondary N) is 2. The highest BCUT2D eigenvalue weighted by molar-refractivity contribution is 5.97. The average molecular weight is 277 g/mol. The van der Waals surface area contributed by atoms with Crippen molar-refractivity contribution in [1.82, 2.24) is 10.7 Å². The van der Waals surface area contributed by atoms with Gasteiger partial charge in [-0.3, -0.25) is 9.59 Å². The average Bonchev–Trinajstić information content (AvgIpc) is 2.40. The molecule has 1 aromatic rings. The molecular weight excluding hydrogens is 261 g/mol. The third-order valence-electron chi connectivity index (χ3n) is 3.16. The third-order valence-corrected chi connectivity index (χ3v) is 3.16. The summed E-state index contributed by atoms with van der Waals surface area (Å²) < 4.78 is 13.4. The lowest BCUT2D eigenvalue weighted by molar-refractivity contribution is -0.122. The van der Waals surface area contributed by atoms with Gasteiger partial charge < -0.3 is 5.32 Å². The lowest BCUT2D eigenvalue weighted by Crippen LogP contribution is -2.39. The van der Waals surface area contributed by atoms with Crippen LogP contribution in [0.4, 0.5) is 4.39 Å². The van der Waals surface area contributed by atoms with Gasteiger partial charge in [-0.2, -0.15) is 5.10 Å². The van der Waals surface area contributed by atoms with E-state index >= 15 is 0 Å². The Hall–Kier alpha value is -2.24. The van der Waals surface area contributed by atoms with Crippen LogP contribution < -0.4 is 10.7 Å². The quantitative estimate of drug-likeness (QED) is 0.861. The number of halogens is 1. The van der Waals surface area contributed by atoms with Crippen LogP contribution in [-0.4, -0.2) is 24.1 Å². The largest absolute Gasteiger partial charge is 0.350 e. The van der Waals surface area contributed by atoms with Crippen LogP contribution in [0.1, 0.15) is 18.9 Å². The minimum absolute atomic E-state index is 0.00230. The molecule has 0 aromatic heterocycles. The molecule has 1 atom stereocenters. The van der Waals surface area contributed by atoms with Gasteiger partial charge in [0.1, 0.15) is 5.82 Å². The summed E-state index contributed by atoms with van der Waals surface area (Å²) in [5.74, 6) is -0.795. The molecule has 1 aromatic carbocycles. The number of nitrogens with zero attached hydrogens (tertiary/aromatic N) is 1. The van der Waals surface area contributed by atoms with Crippen LogP contribution in [-0.2, 0) is 16.0 Å². The minimum atomic E-state index is -0.390. The molecule has 1 aliphatic rings. The van der Waals surface area contributed by atoms with Gasteiger partial charge in [0.15, 0.2) is 0 Å². The normalized spacial score (nSPS) is 18.2. The number of amides is 2. The van der Waals surface area contributed by atoms with Crippen molar-refractivity contribution in [3.8, 4) is 0 Å². The van der Waals surface area contributed by atoms with E-state index in [1.165, 1.54) is 6.07 Å². The zero-order valence-electron chi connectivity index (χ0n) is 11.1. The first-order valence-electron chi connectivity index (χ1n) is 6.41. The Morgan fingerprint density at radius 2 is 2.25 bits per heavy atom. The fourth-order valence-electron chi connectivity index (χ4n) is 1.97. The highest BCUT2D eigenvalue weighted by Crippen LogP contribution is 2.09. The van der Waals surface area contributed by atoms with Crippen LogP contribution in [0.25, 0.3) is 0 Å². The second-order valence-electron chi connectivity index (χ2n) is 4.79. The van der Waals surface area contributed by atoms with Crippen LogP contribution in [0.15, 0.2) is 29.4 Å². The predicted octanol–water partition coefficient (Wildman–Crippen LogP) is 0.996. The molecule has 0 bridgehead atoms. The van der Waals surface area contributed by atoms with Crippen molar-refractivity contribution in [3.63, 3.8) is 0 Å². The number of carbonyl (C=O) groups is 2. The first-order chi connectivity index (χ1) is 9.56. The van der Waals surface area contributed by atoms with Gasteiger partial charge in [-0.1, -0.05) is 25.1 Å². The molecule has 2 N–H and O–H groups in total. The smallest absolute Gasteiger partial charge is 0.240 e. The maximum Gasteiger partial charge on any atom is 0.240 e. The van der Waals surface area contributed by atoms with E-state index in [1.54, 1.807) is 18.2 Å². The van der Waals surface area contributed by atoms with Crippen molar-refractivity contribution in [1.29, 1.82) is 0 Å². The highest BCUT2D eigenvalue weighted by atomic mass is 19.1. The summed E-state index contributed by atoms with van der Waals surface area (Å²) in [5, 5.41) is 6.60. The Bertz CT molecular complexity index is 557. The minimum Gasteiger partial charge on any atom is -0.350 e. The molecule has 1 unspecified atom stereocenters. The van der Waals surface area contributed by atoms with E-state index in [4.69, 9.17) is 0 Å². The molecule has 2 rings (SSSR count). The Morgan fingerprint density at radius 3 is 2.95 bits per heavy atom. The monoisotopic (exact) mass is 277 g/mol. The van der Waals surface area contributed by atoms with Gasteiger partial charge in [0.25, 0.3) is 0 Å². The lowest BCUT2D eigenvalue weighted by atomic mass is 10.00. The Balaban J connectivity index is 1.87. The van der Waals surface area contributed by atoms with Gasteiger partial charge in [0, 0.05) is 12.3 Å². The topological polar surface area (TPSA) is 70.6 Å². The third kappa shape index (κ3) is 3.63. The lowest BCUT2D eigenvalue weighted by Gasteiger charge is -2.19. The molecule has 0 saturated carbocycles. The van der Waals surface area contributed by atoms with E-state index in [0.717, 1.165) is 0 Å². The van der Waals surface area contributed by atoms with Gasteiger partial charge in [-0.25, -0.2) is 9.82 Å². The zero-order valence-corrected chi connectivity index (χ0v) is 11.1. The van der Waals surface area contributed by atoms with E-state index in [1.807, 2.05) is 6.92 Å². The second-order valence-corrected chi connectivity index (χ2v) is 4.79. The van der Waals surface area contributed by atoms with Crippen LogP contribution in [0, 0.1) is 11.7 Å². The molecule has 1 heterocycles. The summed E-state index contributed by atoms with van der Waals surface area (Å²) in [4.78, 5) is 22.8. The van der Waals surface area contributed by atoms with Crippen LogP contribution in [0.3, 0.4) is 0 Å². The number of benzene rings is 1. The first kappa shape index (κ1) is 14.2. The van der Waals surface area contributed by atoms with Crippen molar-refractivity contribution >= 4 is 17.5 Å². The fourth-order valence-corrected chi connectivity index (χ4v) is 1.97. The van der Waals surface area contributed by atoms with Crippen molar-refractivity contribution in [3.05, 3.63) is 35.6 Å². The summed E-state index contributed by atoms with van der Waals surface area (Å²) in [7, 11) is 0. The summed E-state index contributed by atoms with van der Waals surface area (Å²) in [6.45, 7) is 2.13. The highest BCUT2D eigenvalue weighted by Gasteiger charge is 2.20. The number of hydrazone groups is 1. The molecule has 5 nitrogen and oxygen atoms in total. The van der Waals surface area contributed by atoms with Gasteiger partial charge in [-0.15, -0.1) is 0 Å². The van der Waals surface area contributed by atoms with Gasteiger partial charge in [-0.05, 0) is 11.6 Å². The molecule has 0 fully saturated rings. The van der Waals surface area contributed by atoms with Crippen molar-refractivity contribution in [2.75, 3.05) is 6.54 Å². The Kier molecular flexibility index (Phi) is 4.45. The molecule has 6 heteroatoms. The maximum atomic E-state index is 13.4. The summed E-state index contributed by atoms with van der Waals surface area (Å²) in [5.41, 5.74) is 3.46. The van der Waals surface area contributed by atoms with E-state index in [2.05, 4.69) is 15.8 Å². The zero-order chi connectivity index (χ0) is 14.5. The number of hydrogen-bond donors (Lipinski definition) is 2. The van der Waals surface area contributed by atoms with Gasteiger partial charge >= 0.3 is 0 Å². The molecule has 0 aliphatic carbocycles. The molecule has 0 saturated heterocycles. The van der Waals surface area contributed by atoms with Gasteiger partial charge in [0.2, 0.25) is 11.8 Å².